The number of hydrogen-bond acceptors (Lipinski definition) is 3. The van der Waals surface area contributed by atoms with Crippen LogP contribution in [0.25, 0.3) is 0 Å². The van der Waals surface area contributed by atoms with Gasteiger partial charge in [-0.2, -0.15) is 0 Å². The Morgan fingerprint density at radius 2 is 1.56 bits per heavy atom. The number of allylic oxidation sites excluding steroid dienone is 1. The third-order valence-corrected chi connectivity index (χ3v) is 13.6. The van der Waals surface area contributed by atoms with Gasteiger partial charge in [-0.05, 0) is 122 Å². The molecule has 3 heteroatoms. The van der Waals surface area contributed by atoms with E-state index in [0.717, 1.165) is 38.5 Å². The summed E-state index contributed by atoms with van der Waals surface area (Å²) in [5.74, 6) is 2.72. The highest BCUT2D eigenvalue weighted by Crippen LogP contribution is 2.77. The molecule has 1 N–H and O–H groups in total. The van der Waals surface area contributed by atoms with Gasteiger partial charge in [0.25, 0.3) is 0 Å². The van der Waals surface area contributed by atoms with Crippen LogP contribution < -0.4 is 0 Å². The Hall–Kier alpha value is -0.830. The summed E-state index contributed by atoms with van der Waals surface area (Å²) < 4.78 is 5.49. The van der Waals surface area contributed by atoms with Crippen molar-refractivity contribution in [3.63, 3.8) is 0 Å². The number of carbonyl (C=O) groups is 1. The van der Waals surface area contributed by atoms with Crippen molar-refractivity contribution in [3.8, 4) is 0 Å². The molecule has 5 aliphatic rings. The molecule has 0 spiro atoms. The maximum atomic E-state index is 13.3. The molecule has 5 fully saturated rings. The predicted octanol–water partition coefficient (Wildman–Crippen LogP) is 7.18. The Morgan fingerprint density at radius 1 is 0.853 bits per heavy atom. The third kappa shape index (κ3) is 2.83. The fourth-order valence-electron chi connectivity index (χ4n) is 11.7. The van der Waals surface area contributed by atoms with Gasteiger partial charge in [0.15, 0.2) is 0 Å². The average molecular weight is 471 g/mol. The van der Waals surface area contributed by atoms with E-state index in [9.17, 15) is 9.90 Å². The van der Waals surface area contributed by atoms with Crippen molar-refractivity contribution in [2.24, 2.45) is 56.7 Å². The molecule has 0 heterocycles. The molecule has 0 radical (unpaired) electrons. The largest absolute Gasteiger partial charge is 0.469 e. The number of ether oxygens (including phenoxy) is 1. The number of aliphatic hydroxyl groups excluding tert-OH is 1. The summed E-state index contributed by atoms with van der Waals surface area (Å²) >= 11 is 0. The quantitative estimate of drug-likeness (QED) is 0.343. The van der Waals surface area contributed by atoms with Gasteiger partial charge in [0.05, 0.1) is 18.6 Å². The van der Waals surface area contributed by atoms with Crippen LogP contribution >= 0.6 is 0 Å². The molecule has 10 atom stereocenters. The summed E-state index contributed by atoms with van der Waals surface area (Å²) in [6, 6.07) is 0. The number of rotatable bonds is 2. The zero-order chi connectivity index (χ0) is 24.9. The van der Waals surface area contributed by atoms with E-state index in [-0.39, 0.29) is 33.7 Å². The molecule has 192 valence electrons. The molecule has 8 unspecified atom stereocenters. The molecule has 0 saturated heterocycles. The molecule has 5 aliphatic carbocycles. The van der Waals surface area contributed by atoms with Crippen LogP contribution in [0.3, 0.4) is 0 Å². The van der Waals surface area contributed by atoms with Crippen molar-refractivity contribution in [2.45, 2.75) is 112 Å². The SMILES string of the molecule is C=C(C)C1CCC2(C(=O)OC)CCC3(C)C(CCC4[C@@]5(C)CCC(O)C(C)(C)C5CC[C@]43C)C12. The standard InChI is InChI=1S/C31H50O3/c1-19(2)20-11-16-31(26(33)34-8)18-17-29(6)21(25(20)31)9-10-23-28(5)14-13-24(32)27(3,4)22(28)12-15-30(23,29)7/h20-25,32H,1,9-18H2,2-8H3/t20?,21?,22?,23?,24?,25?,28-,29?,30+,31?/m0/s1. The molecule has 3 nitrogen and oxygen atoms in total. The smallest absolute Gasteiger partial charge is 0.312 e. The van der Waals surface area contributed by atoms with Crippen molar-refractivity contribution < 1.29 is 14.6 Å². The fraction of sp³-hybridized carbons (Fsp3) is 0.903. The van der Waals surface area contributed by atoms with Crippen molar-refractivity contribution >= 4 is 5.97 Å². The van der Waals surface area contributed by atoms with E-state index in [1.165, 1.54) is 31.3 Å². The second-order valence-electron chi connectivity index (χ2n) is 14.7. The highest BCUT2D eigenvalue weighted by atomic mass is 16.5. The molecule has 0 aromatic rings. The van der Waals surface area contributed by atoms with Crippen molar-refractivity contribution in [1.29, 1.82) is 0 Å². The van der Waals surface area contributed by atoms with Crippen LogP contribution in [-0.2, 0) is 9.53 Å². The molecule has 0 bridgehead atoms. The van der Waals surface area contributed by atoms with Crippen LogP contribution in [0.1, 0.15) is 106 Å². The van der Waals surface area contributed by atoms with E-state index in [4.69, 9.17) is 4.74 Å². The van der Waals surface area contributed by atoms with Crippen molar-refractivity contribution in [3.05, 3.63) is 12.2 Å². The fourth-order valence-corrected chi connectivity index (χ4v) is 11.7. The Labute approximate surface area is 208 Å². The van der Waals surface area contributed by atoms with Gasteiger partial charge in [-0.15, -0.1) is 0 Å². The second-order valence-corrected chi connectivity index (χ2v) is 14.7. The van der Waals surface area contributed by atoms with E-state index in [2.05, 4.69) is 48.1 Å². The van der Waals surface area contributed by atoms with Gasteiger partial charge in [0, 0.05) is 0 Å². The summed E-state index contributed by atoms with van der Waals surface area (Å²) in [5, 5.41) is 10.9. The van der Waals surface area contributed by atoms with Gasteiger partial charge in [-0.1, -0.05) is 46.8 Å². The maximum absolute atomic E-state index is 13.3. The van der Waals surface area contributed by atoms with Gasteiger partial charge in [0.2, 0.25) is 0 Å². The summed E-state index contributed by atoms with van der Waals surface area (Å²) in [6.45, 7) is 19.1. The monoisotopic (exact) mass is 470 g/mol. The first kappa shape index (κ1) is 24.8. The highest BCUT2D eigenvalue weighted by Gasteiger charge is 2.72. The summed E-state index contributed by atoms with van der Waals surface area (Å²) in [4.78, 5) is 13.3. The summed E-state index contributed by atoms with van der Waals surface area (Å²) in [7, 11) is 1.59. The lowest BCUT2D eigenvalue weighted by atomic mass is 9.32. The summed E-state index contributed by atoms with van der Waals surface area (Å²) in [5.41, 5.74) is 1.78. The minimum absolute atomic E-state index is 0.00478. The number of esters is 1. The molecular formula is C31H50O3. The molecule has 34 heavy (non-hydrogen) atoms. The predicted molar refractivity (Wildman–Crippen MR) is 137 cm³/mol. The minimum atomic E-state index is -0.302. The van der Waals surface area contributed by atoms with Crippen LogP contribution in [0.4, 0.5) is 0 Å². The van der Waals surface area contributed by atoms with Gasteiger partial charge in [-0.3, -0.25) is 4.79 Å². The summed E-state index contributed by atoms with van der Waals surface area (Å²) in [6.07, 6.45) is 11.1. The van der Waals surface area contributed by atoms with Gasteiger partial charge in [-0.25, -0.2) is 0 Å². The van der Waals surface area contributed by atoms with Gasteiger partial charge >= 0.3 is 5.97 Å². The molecule has 5 rings (SSSR count). The van der Waals surface area contributed by atoms with Crippen molar-refractivity contribution in [1.82, 2.24) is 0 Å². The zero-order valence-electron chi connectivity index (χ0n) is 23.0. The topological polar surface area (TPSA) is 46.5 Å². The van der Waals surface area contributed by atoms with Crippen LogP contribution in [0, 0.1) is 56.7 Å². The molecule has 5 saturated carbocycles. The van der Waals surface area contributed by atoms with Crippen LogP contribution in [-0.4, -0.2) is 24.3 Å². The lowest BCUT2D eigenvalue weighted by molar-refractivity contribution is -0.248. The molecule has 0 aromatic carbocycles. The normalized spacial score (nSPS) is 53.6. The van der Waals surface area contributed by atoms with Crippen LogP contribution in [0.15, 0.2) is 12.2 Å². The number of aliphatic hydroxyl groups is 1. The van der Waals surface area contributed by atoms with E-state index in [1.807, 2.05) is 0 Å². The first-order valence-electron chi connectivity index (χ1n) is 14.2. The second kappa shape index (κ2) is 7.59. The zero-order valence-corrected chi connectivity index (χ0v) is 23.0. The van der Waals surface area contributed by atoms with Crippen LogP contribution in [0.2, 0.25) is 0 Å². The third-order valence-electron chi connectivity index (χ3n) is 13.6. The molecule has 0 amide bonds. The molecular weight excluding hydrogens is 420 g/mol. The molecule has 0 aromatic heterocycles. The van der Waals surface area contributed by atoms with Crippen molar-refractivity contribution in [2.75, 3.05) is 7.11 Å². The van der Waals surface area contributed by atoms with E-state index >= 15 is 0 Å². The Balaban J connectivity index is 1.56. The number of fused-ring (bicyclic) bond motifs is 7. The van der Waals surface area contributed by atoms with Gasteiger partial charge < -0.3 is 9.84 Å². The Morgan fingerprint density at radius 3 is 2.21 bits per heavy atom. The minimum Gasteiger partial charge on any atom is -0.469 e. The van der Waals surface area contributed by atoms with Gasteiger partial charge in [0.1, 0.15) is 0 Å². The lowest BCUT2D eigenvalue weighted by Gasteiger charge is -2.72. The van der Waals surface area contributed by atoms with E-state index in [1.54, 1.807) is 7.11 Å². The van der Waals surface area contributed by atoms with Crippen LogP contribution in [0.5, 0.6) is 0 Å². The number of methoxy groups -OCH3 is 1. The van der Waals surface area contributed by atoms with E-state index < -0.39 is 0 Å². The van der Waals surface area contributed by atoms with E-state index in [0.29, 0.717) is 35.0 Å². The number of hydrogen-bond donors (Lipinski definition) is 1. The Kier molecular flexibility index (Phi) is 5.55. The molecule has 0 aliphatic heterocycles. The Bertz CT molecular complexity index is 876. The first-order valence-corrected chi connectivity index (χ1v) is 14.2. The lowest BCUT2D eigenvalue weighted by Crippen LogP contribution is -2.67. The number of carbonyl (C=O) groups excluding carboxylic acids is 1. The first-order chi connectivity index (χ1) is 15.8. The average Bonchev–Trinajstić information content (AvgIpc) is 3.18. The highest BCUT2D eigenvalue weighted by molar-refractivity contribution is 5.78. The maximum Gasteiger partial charge on any atom is 0.312 e.